The zero-order valence-electron chi connectivity index (χ0n) is 12.1. The summed E-state index contributed by atoms with van der Waals surface area (Å²) in [6.07, 6.45) is 3.93. The molecule has 0 spiro atoms. The minimum atomic E-state index is 0.650. The lowest BCUT2D eigenvalue weighted by atomic mass is 9.99. The van der Waals surface area contributed by atoms with Crippen LogP contribution < -0.4 is 10.6 Å². The summed E-state index contributed by atoms with van der Waals surface area (Å²) in [6, 6.07) is 0.650. The van der Waals surface area contributed by atoms with Crippen molar-refractivity contribution in [1.82, 2.24) is 15.5 Å². The highest BCUT2D eigenvalue weighted by atomic mass is 15.2. The van der Waals surface area contributed by atoms with Gasteiger partial charge in [-0.2, -0.15) is 0 Å². The van der Waals surface area contributed by atoms with E-state index in [4.69, 9.17) is 4.99 Å². The topological polar surface area (TPSA) is 39.7 Å². The molecule has 104 valence electrons. The van der Waals surface area contributed by atoms with Crippen molar-refractivity contribution < 1.29 is 0 Å². The van der Waals surface area contributed by atoms with Crippen LogP contribution in [0.4, 0.5) is 0 Å². The van der Waals surface area contributed by atoms with E-state index in [0.29, 0.717) is 6.04 Å². The zero-order valence-corrected chi connectivity index (χ0v) is 12.1. The molecule has 0 aromatic heterocycles. The Hall–Kier alpha value is -0.770. The second-order valence-corrected chi connectivity index (χ2v) is 5.95. The molecule has 0 amide bonds. The van der Waals surface area contributed by atoms with E-state index in [9.17, 15) is 0 Å². The maximum absolute atomic E-state index is 4.75. The van der Waals surface area contributed by atoms with Gasteiger partial charge in [-0.05, 0) is 51.6 Å². The van der Waals surface area contributed by atoms with Crippen LogP contribution in [0.25, 0.3) is 0 Å². The first kappa shape index (κ1) is 13.7. The number of rotatable bonds is 4. The zero-order chi connectivity index (χ0) is 13.0. The molecule has 2 aliphatic rings. The van der Waals surface area contributed by atoms with Crippen molar-refractivity contribution in [2.24, 2.45) is 16.8 Å². The Morgan fingerprint density at radius 2 is 2.22 bits per heavy atom. The number of hydrogen-bond acceptors (Lipinski definition) is 2. The normalized spacial score (nSPS) is 33.3. The van der Waals surface area contributed by atoms with Crippen LogP contribution in [0.1, 0.15) is 33.1 Å². The molecule has 0 radical (unpaired) electrons. The van der Waals surface area contributed by atoms with Crippen molar-refractivity contribution in [2.45, 2.75) is 39.2 Å². The molecule has 2 fully saturated rings. The highest BCUT2D eigenvalue weighted by Gasteiger charge is 2.33. The third kappa shape index (κ3) is 4.16. The number of piperidine rings is 1. The van der Waals surface area contributed by atoms with Crippen molar-refractivity contribution in [3.63, 3.8) is 0 Å². The number of guanidine groups is 1. The summed E-state index contributed by atoms with van der Waals surface area (Å²) in [7, 11) is 2.21. The van der Waals surface area contributed by atoms with Crippen molar-refractivity contribution >= 4 is 5.96 Å². The molecule has 2 N–H and O–H groups in total. The molecule has 18 heavy (non-hydrogen) atoms. The lowest BCUT2D eigenvalue weighted by molar-refractivity contribution is 0.214. The maximum atomic E-state index is 4.75. The summed E-state index contributed by atoms with van der Waals surface area (Å²) >= 11 is 0. The maximum Gasteiger partial charge on any atom is 0.191 e. The minimum absolute atomic E-state index is 0.650. The first-order chi connectivity index (χ1) is 8.69. The summed E-state index contributed by atoms with van der Waals surface area (Å²) in [6.45, 7) is 8.76. The molecule has 3 atom stereocenters. The third-order valence-electron chi connectivity index (χ3n) is 4.01. The fourth-order valence-corrected chi connectivity index (χ4v) is 2.66. The lowest BCUT2D eigenvalue weighted by Crippen LogP contribution is -2.40. The molecular formula is C14H28N4. The SMILES string of the molecule is CCNC(=NCC1CCCN(C)C1)NC1CC1C. The molecule has 3 unspecified atom stereocenters. The predicted molar refractivity (Wildman–Crippen MR) is 76.9 cm³/mol. The van der Waals surface area contributed by atoms with E-state index < -0.39 is 0 Å². The van der Waals surface area contributed by atoms with E-state index in [1.165, 1.54) is 32.4 Å². The Bertz CT molecular complexity index is 290. The molecular weight excluding hydrogens is 224 g/mol. The van der Waals surface area contributed by atoms with Gasteiger partial charge in [-0.1, -0.05) is 6.92 Å². The Morgan fingerprint density at radius 1 is 1.44 bits per heavy atom. The van der Waals surface area contributed by atoms with E-state index in [-0.39, 0.29) is 0 Å². The van der Waals surface area contributed by atoms with E-state index in [1.807, 2.05) is 0 Å². The predicted octanol–water partition coefficient (Wildman–Crippen LogP) is 1.29. The van der Waals surface area contributed by atoms with Crippen LogP contribution in [0.5, 0.6) is 0 Å². The molecule has 0 bridgehead atoms. The summed E-state index contributed by atoms with van der Waals surface area (Å²) in [5.74, 6) is 2.56. The van der Waals surface area contributed by atoms with Crippen LogP contribution in [0.2, 0.25) is 0 Å². The number of likely N-dealkylation sites (tertiary alicyclic amines) is 1. The van der Waals surface area contributed by atoms with Crippen LogP contribution in [0.3, 0.4) is 0 Å². The van der Waals surface area contributed by atoms with Crippen LogP contribution >= 0.6 is 0 Å². The largest absolute Gasteiger partial charge is 0.357 e. The third-order valence-corrected chi connectivity index (χ3v) is 4.01. The molecule has 2 rings (SSSR count). The molecule has 1 heterocycles. The second-order valence-electron chi connectivity index (χ2n) is 5.95. The van der Waals surface area contributed by atoms with Gasteiger partial charge in [0, 0.05) is 25.7 Å². The lowest BCUT2D eigenvalue weighted by Gasteiger charge is -2.28. The Labute approximate surface area is 111 Å². The molecule has 4 heteroatoms. The highest BCUT2D eigenvalue weighted by molar-refractivity contribution is 5.80. The highest BCUT2D eigenvalue weighted by Crippen LogP contribution is 2.28. The quantitative estimate of drug-likeness (QED) is 0.585. The van der Waals surface area contributed by atoms with Crippen LogP contribution in [-0.4, -0.2) is 50.1 Å². The summed E-state index contributed by atoms with van der Waals surface area (Å²) in [4.78, 5) is 7.18. The standard InChI is InChI=1S/C14H28N4/c1-4-15-14(17-13-8-11(13)2)16-9-12-6-5-7-18(3)10-12/h11-13H,4-10H2,1-3H3,(H2,15,16,17). The van der Waals surface area contributed by atoms with Crippen molar-refractivity contribution in [3.05, 3.63) is 0 Å². The first-order valence-electron chi connectivity index (χ1n) is 7.42. The van der Waals surface area contributed by atoms with Gasteiger partial charge in [0.1, 0.15) is 0 Å². The fraction of sp³-hybridized carbons (Fsp3) is 0.929. The van der Waals surface area contributed by atoms with Gasteiger partial charge in [0.15, 0.2) is 5.96 Å². The molecule has 0 aromatic rings. The van der Waals surface area contributed by atoms with Crippen molar-refractivity contribution in [1.29, 1.82) is 0 Å². The molecule has 1 aliphatic carbocycles. The first-order valence-corrected chi connectivity index (χ1v) is 7.42. The van der Waals surface area contributed by atoms with E-state index >= 15 is 0 Å². The Morgan fingerprint density at radius 3 is 2.83 bits per heavy atom. The van der Waals surface area contributed by atoms with E-state index in [1.54, 1.807) is 0 Å². The van der Waals surface area contributed by atoms with Gasteiger partial charge >= 0.3 is 0 Å². The van der Waals surface area contributed by atoms with Crippen molar-refractivity contribution in [2.75, 3.05) is 33.2 Å². The van der Waals surface area contributed by atoms with Crippen LogP contribution in [0, 0.1) is 11.8 Å². The smallest absolute Gasteiger partial charge is 0.191 e. The van der Waals surface area contributed by atoms with Gasteiger partial charge in [0.25, 0.3) is 0 Å². The summed E-state index contributed by atoms with van der Waals surface area (Å²) < 4.78 is 0. The number of aliphatic imine (C=N–C) groups is 1. The molecule has 1 aliphatic heterocycles. The molecule has 0 aromatic carbocycles. The fourth-order valence-electron chi connectivity index (χ4n) is 2.66. The van der Waals surface area contributed by atoms with Crippen LogP contribution in [-0.2, 0) is 0 Å². The molecule has 1 saturated carbocycles. The van der Waals surface area contributed by atoms with Gasteiger partial charge in [-0.25, -0.2) is 0 Å². The van der Waals surface area contributed by atoms with Gasteiger partial charge < -0.3 is 15.5 Å². The Balaban J connectivity index is 1.79. The average Bonchev–Trinajstić information content (AvgIpc) is 3.02. The monoisotopic (exact) mass is 252 g/mol. The summed E-state index contributed by atoms with van der Waals surface area (Å²) in [5, 5.41) is 6.87. The van der Waals surface area contributed by atoms with Gasteiger partial charge in [-0.3, -0.25) is 4.99 Å². The number of hydrogen-bond donors (Lipinski definition) is 2. The van der Waals surface area contributed by atoms with Crippen LogP contribution in [0.15, 0.2) is 4.99 Å². The molecule has 1 saturated heterocycles. The summed E-state index contributed by atoms with van der Waals surface area (Å²) in [5.41, 5.74) is 0. The van der Waals surface area contributed by atoms with Gasteiger partial charge in [0.2, 0.25) is 0 Å². The Kier molecular flexibility index (Phi) is 4.87. The average molecular weight is 252 g/mol. The second kappa shape index (κ2) is 6.41. The van der Waals surface area contributed by atoms with E-state index in [2.05, 4.69) is 36.4 Å². The minimum Gasteiger partial charge on any atom is -0.357 e. The number of nitrogens with one attached hydrogen (secondary N) is 2. The number of nitrogens with zero attached hydrogens (tertiary/aromatic N) is 2. The van der Waals surface area contributed by atoms with Gasteiger partial charge in [0.05, 0.1) is 0 Å². The van der Waals surface area contributed by atoms with E-state index in [0.717, 1.165) is 30.9 Å². The molecule has 4 nitrogen and oxygen atoms in total. The van der Waals surface area contributed by atoms with Gasteiger partial charge in [-0.15, -0.1) is 0 Å². The van der Waals surface area contributed by atoms with Crippen molar-refractivity contribution in [3.8, 4) is 0 Å².